The quantitative estimate of drug-likeness (QED) is 0.568. The average molecular weight is 549 g/mol. The second kappa shape index (κ2) is 10.8. The number of anilines is 1. The highest BCUT2D eigenvalue weighted by atomic mass is 32.2. The topological polar surface area (TPSA) is 139 Å². The standard InChI is InChI=1S/C25H32N4O6S2/c1-4-35-25(32)28-10-9-19-20(14-28)36-24(21(19)22(26)30)27-23(31)17-5-7-18(8-6-17)37(33,34)29-12-15(2)11-16(3)13-29/h5-8,15-16H,4,9-14H2,1-3H3,(H2,26,30)(H,27,31)/t15-,16+. The fourth-order valence-corrected chi connectivity index (χ4v) is 7.97. The SMILES string of the molecule is CCOC(=O)N1CCc2c(sc(NC(=O)c3ccc(S(=O)(=O)N4C[C@H](C)C[C@H](C)C4)cc3)c2C(N)=O)C1. The lowest BCUT2D eigenvalue weighted by atomic mass is 9.94. The van der Waals surface area contributed by atoms with Gasteiger partial charge in [-0.3, -0.25) is 9.59 Å². The summed E-state index contributed by atoms with van der Waals surface area (Å²) in [6.07, 6.45) is 0.973. The third-order valence-electron chi connectivity index (χ3n) is 6.65. The van der Waals surface area contributed by atoms with Gasteiger partial charge in [-0.15, -0.1) is 11.3 Å². The number of nitrogens with two attached hydrogens (primary N) is 1. The first-order chi connectivity index (χ1) is 17.5. The number of carbonyl (C=O) groups excluding carboxylic acids is 3. The van der Waals surface area contributed by atoms with Crippen LogP contribution in [0.15, 0.2) is 29.2 Å². The van der Waals surface area contributed by atoms with Crippen molar-refractivity contribution in [1.82, 2.24) is 9.21 Å². The Labute approximate surface area is 220 Å². The number of primary amides is 1. The highest BCUT2D eigenvalue weighted by Crippen LogP contribution is 2.37. The molecule has 2 aromatic rings. The number of amides is 3. The zero-order chi connectivity index (χ0) is 26.9. The van der Waals surface area contributed by atoms with Crippen molar-refractivity contribution in [3.05, 3.63) is 45.8 Å². The molecule has 4 rings (SSSR count). The van der Waals surface area contributed by atoms with E-state index in [2.05, 4.69) is 5.32 Å². The minimum absolute atomic E-state index is 0.133. The molecule has 3 amide bonds. The number of fused-ring (bicyclic) bond motifs is 1. The molecule has 2 aliphatic heterocycles. The molecule has 0 radical (unpaired) electrons. The molecule has 1 aromatic carbocycles. The van der Waals surface area contributed by atoms with E-state index in [9.17, 15) is 22.8 Å². The number of benzene rings is 1. The molecular weight excluding hydrogens is 516 g/mol. The van der Waals surface area contributed by atoms with Crippen LogP contribution in [0.4, 0.5) is 9.80 Å². The van der Waals surface area contributed by atoms with Crippen LogP contribution < -0.4 is 11.1 Å². The van der Waals surface area contributed by atoms with E-state index in [1.165, 1.54) is 39.9 Å². The summed E-state index contributed by atoms with van der Waals surface area (Å²) in [5, 5.41) is 3.06. The summed E-state index contributed by atoms with van der Waals surface area (Å²) in [4.78, 5) is 39.8. The molecule has 3 N–H and O–H groups in total. The predicted molar refractivity (Wildman–Crippen MR) is 140 cm³/mol. The first-order valence-corrected chi connectivity index (χ1v) is 14.5. The van der Waals surface area contributed by atoms with Crippen molar-refractivity contribution >= 4 is 44.3 Å². The Balaban J connectivity index is 1.52. The maximum absolute atomic E-state index is 13.1. The zero-order valence-electron chi connectivity index (χ0n) is 21.2. The maximum Gasteiger partial charge on any atom is 0.410 e. The molecule has 0 bridgehead atoms. The first-order valence-electron chi connectivity index (χ1n) is 12.3. The lowest BCUT2D eigenvalue weighted by Gasteiger charge is -2.34. The van der Waals surface area contributed by atoms with E-state index in [0.717, 1.165) is 16.9 Å². The van der Waals surface area contributed by atoms with Crippen LogP contribution in [0.25, 0.3) is 0 Å². The van der Waals surface area contributed by atoms with Crippen LogP contribution in [-0.4, -0.2) is 61.8 Å². The Kier molecular flexibility index (Phi) is 7.91. The van der Waals surface area contributed by atoms with Crippen LogP contribution >= 0.6 is 11.3 Å². The van der Waals surface area contributed by atoms with Gasteiger partial charge >= 0.3 is 6.09 Å². The predicted octanol–water partition coefficient (Wildman–Crippen LogP) is 3.28. The third kappa shape index (κ3) is 5.65. The number of nitrogens with zero attached hydrogens (tertiary/aromatic N) is 2. The van der Waals surface area contributed by atoms with Crippen molar-refractivity contribution in [1.29, 1.82) is 0 Å². The Hall–Kier alpha value is -2.96. The zero-order valence-corrected chi connectivity index (χ0v) is 22.8. The fraction of sp³-hybridized carbons (Fsp3) is 0.480. The van der Waals surface area contributed by atoms with Gasteiger partial charge in [0.05, 0.1) is 23.6 Å². The lowest BCUT2D eigenvalue weighted by molar-refractivity contribution is 0.0997. The molecule has 1 saturated heterocycles. The van der Waals surface area contributed by atoms with Crippen molar-refractivity contribution in [2.75, 3.05) is 31.6 Å². The van der Waals surface area contributed by atoms with E-state index < -0.39 is 27.9 Å². The number of hydrogen-bond donors (Lipinski definition) is 2. The number of piperidine rings is 1. The van der Waals surface area contributed by atoms with Gasteiger partial charge < -0.3 is 20.7 Å². The monoisotopic (exact) mass is 548 g/mol. The third-order valence-corrected chi connectivity index (χ3v) is 9.62. The van der Waals surface area contributed by atoms with Gasteiger partial charge in [-0.05, 0) is 61.4 Å². The summed E-state index contributed by atoms with van der Waals surface area (Å²) in [7, 11) is -3.67. The number of hydrogen-bond acceptors (Lipinski definition) is 7. The van der Waals surface area contributed by atoms with E-state index in [4.69, 9.17) is 10.5 Å². The Bertz CT molecular complexity index is 1300. The van der Waals surface area contributed by atoms with Crippen LogP contribution in [0.5, 0.6) is 0 Å². The van der Waals surface area contributed by atoms with E-state index in [1.54, 1.807) is 11.8 Å². The van der Waals surface area contributed by atoms with Gasteiger partial charge in [0.15, 0.2) is 0 Å². The number of thiophene rings is 1. The van der Waals surface area contributed by atoms with Gasteiger partial charge in [-0.1, -0.05) is 13.8 Å². The van der Waals surface area contributed by atoms with Gasteiger partial charge in [-0.2, -0.15) is 4.31 Å². The molecule has 2 atom stereocenters. The van der Waals surface area contributed by atoms with Crippen molar-refractivity contribution in [2.45, 2.75) is 45.1 Å². The molecule has 1 aromatic heterocycles. The Morgan fingerprint density at radius 3 is 2.38 bits per heavy atom. The highest BCUT2D eigenvalue weighted by Gasteiger charge is 2.32. The number of rotatable bonds is 6. The number of ether oxygens (including phenoxy) is 1. The summed E-state index contributed by atoms with van der Waals surface area (Å²) in [5.74, 6) is -0.593. The van der Waals surface area contributed by atoms with E-state index in [0.29, 0.717) is 31.1 Å². The summed E-state index contributed by atoms with van der Waals surface area (Å²) in [6, 6.07) is 5.78. The molecule has 10 nitrogen and oxygen atoms in total. The van der Waals surface area contributed by atoms with Gasteiger partial charge in [-0.25, -0.2) is 13.2 Å². The molecule has 200 valence electrons. The molecule has 37 heavy (non-hydrogen) atoms. The first kappa shape index (κ1) is 27.1. The minimum Gasteiger partial charge on any atom is -0.450 e. The number of nitrogens with one attached hydrogen (secondary N) is 1. The largest absolute Gasteiger partial charge is 0.450 e. The van der Waals surface area contributed by atoms with Crippen molar-refractivity contribution in [3.63, 3.8) is 0 Å². The van der Waals surface area contributed by atoms with Crippen LogP contribution in [0.3, 0.4) is 0 Å². The smallest absolute Gasteiger partial charge is 0.410 e. The number of sulfonamides is 1. The second-order valence-electron chi connectivity index (χ2n) is 9.69. The van der Waals surface area contributed by atoms with E-state index in [1.807, 2.05) is 13.8 Å². The van der Waals surface area contributed by atoms with E-state index in [-0.39, 0.29) is 41.0 Å². The molecule has 1 fully saturated rings. The summed E-state index contributed by atoms with van der Waals surface area (Å²) < 4.78 is 32.9. The van der Waals surface area contributed by atoms with Gasteiger partial charge in [0.25, 0.3) is 11.8 Å². The molecule has 0 saturated carbocycles. The van der Waals surface area contributed by atoms with Crippen LogP contribution in [0.1, 0.15) is 58.3 Å². The van der Waals surface area contributed by atoms with Crippen molar-refractivity contribution in [2.24, 2.45) is 17.6 Å². The second-order valence-corrected chi connectivity index (χ2v) is 12.7. The molecule has 0 spiro atoms. The minimum atomic E-state index is -3.67. The van der Waals surface area contributed by atoms with Gasteiger partial charge in [0, 0.05) is 30.1 Å². The van der Waals surface area contributed by atoms with Crippen molar-refractivity contribution < 1.29 is 27.5 Å². The summed E-state index contributed by atoms with van der Waals surface area (Å²) in [6.45, 7) is 7.66. The average Bonchev–Trinajstić information content (AvgIpc) is 3.20. The lowest BCUT2D eigenvalue weighted by Crippen LogP contribution is -2.42. The molecular formula is C25H32N4O6S2. The summed E-state index contributed by atoms with van der Waals surface area (Å²) in [5.41, 5.74) is 6.84. The maximum atomic E-state index is 13.1. The molecule has 2 aliphatic rings. The fourth-order valence-electron chi connectivity index (χ4n) is 5.03. The van der Waals surface area contributed by atoms with Gasteiger partial charge in [0.2, 0.25) is 10.0 Å². The normalized spacial score (nSPS) is 20.2. The molecule has 0 aliphatic carbocycles. The van der Waals surface area contributed by atoms with Crippen LogP contribution in [-0.2, 0) is 27.7 Å². The molecule has 3 heterocycles. The molecule has 0 unspecified atom stereocenters. The Morgan fingerprint density at radius 1 is 1.14 bits per heavy atom. The van der Waals surface area contributed by atoms with Gasteiger partial charge in [0.1, 0.15) is 5.00 Å². The molecule has 12 heteroatoms. The number of carbonyl (C=O) groups is 3. The van der Waals surface area contributed by atoms with Crippen LogP contribution in [0, 0.1) is 11.8 Å². The van der Waals surface area contributed by atoms with Crippen LogP contribution in [0.2, 0.25) is 0 Å². The van der Waals surface area contributed by atoms with Crippen molar-refractivity contribution in [3.8, 4) is 0 Å². The summed E-state index contributed by atoms with van der Waals surface area (Å²) >= 11 is 1.19. The highest BCUT2D eigenvalue weighted by molar-refractivity contribution is 7.89. The van der Waals surface area contributed by atoms with E-state index >= 15 is 0 Å². The Morgan fingerprint density at radius 2 is 1.78 bits per heavy atom.